The molecule has 1 saturated heterocycles. The number of nitrogens with zero attached hydrogens (tertiary/aromatic N) is 1. The van der Waals surface area contributed by atoms with Crippen LogP contribution in [0.3, 0.4) is 0 Å². The van der Waals surface area contributed by atoms with Crippen molar-refractivity contribution < 1.29 is 23.9 Å². The van der Waals surface area contributed by atoms with Gasteiger partial charge in [0.25, 0.3) is 5.91 Å². The summed E-state index contributed by atoms with van der Waals surface area (Å²) in [7, 11) is 0. The minimum atomic E-state index is -0.167. The first-order valence-corrected chi connectivity index (χ1v) is 12.7. The van der Waals surface area contributed by atoms with Gasteiger partial charge in [-0.05, 0) is 63.0 Å². The molecule has 2 heterocycles. The fraction of sp³-hybridized carbons (Fsp3) is 0.444. The van der Waals surface area contributed by atoms with Crippen molar-refractivity contribution in [2.45, 2.75) is 44.6 Å². The molecule has 0 radical (unpaired) electrons. The van der Waals surface area contributed by atoms with Crippen LogP contribution in [0.2, 0.25) is 0 Å². The van der Waals surface area contributed by atoms with E-state index in [9.17, 15) is 14.4 Å². The van der Waals surface area contributed by atoms with Crippen LogP contribution < -0.4 is 25.4 Å². The maximum absolute atomic E-state index is 12.8. The molecule has 0 spiro atoms. The number of carbonyl (C=O) groups excluding carboxylic acids is 3. The second-order valence-electron chi connectivity index (χ2n) is 9.66. The number of hydrogen-bond donors (Lipinski definition) is 3. The summed E-state index contributed by atoms with van der Waals surface area (Å²) in [6, 6.07) is 12.7. The van der Waals surface area contributed by atoms with Gasteiger partial charge in [-0.2, -0.15) is 0 Å². The van der Waals surface area contributed by atoms with E-state index in [2.05, 4.69) is 16.0 Å². The number of para-hydroxylation sites is 1. The molecule has 1 aliphatic carbocycles. The summed E-state index contributed by atoms with van der Waals surface area (Å²) in [5.74, 6) is 0.851. The number of likely N-dealkylation sites (tertiary alicyclic amines) is 1. The van der Waals surface area contributed by atoms with Gasteiger partial charge in [0, 0.05) is 23.7 Å². The quantitative estimate of drug-likeness (QED) is 0.547. The van der Waals surface area contributed by atoms with Crippen molar-refractivity contribution in [3.63, 3.8) is 0 Å². The van der Waals surface area contributed by atoms with Crippen LogP contribution in [-0.2, 0) is 9.59 Å². The monoisotopic (exact) mass is 492 g/mol. The third-order valence-corrected chi connectivity index (χ3v) is 7.10. The lowest BCUT2D eigenvalue weighted by molar-refractivity contribution is -0.121. The van der Waals surface area contributed by atoms with Crippen molar-refractivity contribution in [1.82, 2.24) is 10.2 Å². The van der Waals surface area contributed by atoms with Gasteiger partial charge < -0.3 is 25.4 Å². The lowest BCUT2D eigenvalue weighted by Crippen LogP contribution is -2.42. The van der Waals surface area contributed by atoms with Crippen LogP contribution in [0.25, 0.3) is 0 Å². The van der Waals surface area contributed by atoms with E-state index in [1.54, 1.807) is 36.4 Å². The summed E-state index contributed by atoms with van der Waals surface area (Å²) in [4.78, 5) is 40.3. The molecular weight excluding hydrogens is 460 g/mol. The topological polar surface area (TPSA) is 109 Å². The van der Waals surface area contributed by atoms with Crippen LogP contribution in [0, 0.1) is 5.92 Å². The number of carbonyl (C=O) groups is 3. The first-order chi connectivity index (χ1) is 17.5. The van der Waals surface area contributed by atoms with Crippen molar-refractivity contribution >= 4 is 29.1 Å². The van der Waals surface area contributed by atoms with Crippen LogP contribution in [0.1, 0.15) is 48.9 Å². The van der Waals surface area contributed by atoms with Crippen molar-refractivity contribution in [3.8, 4) is 11.5 Å². The van der Waals surface area contributed by atoms with Crippen LogP contribution in [0.15, 0.2) is 42.5 Å². The molecule has 0 aromatic heterocycles. The van der Waals surface area contributed by atoms with E-state index in [0.717, 1.165) is 25.7 Å². The minimum Gasteiger partial charge on any atom is -0.454 e. The average Bonchev–Trinajstić information content (AvgIpc) is 3.56. The average molecular weight is 493 g/mol. The lowest BCUT2D eigenvalue weighted by Gasteiger charge is -2.30. The molecule has 3 aliphatic rings. The molecule has 0 unspecified atom stereocenters. The fourth-order valence-corrected chi connectivity index (χ4v) is 5.09. The maximum atomic E-state index is 12.8. The first kappa shape index (κ1) is 24.1. The van der Waals surface area contributed by atoms with Crippen molar-refractivity contribution in [2.75, 3.05) is 37.1 Å². The number of ether oxygens (including phenoxy) is 2. The molecule has 2 aromatic carbocycles. The maximum Gasteiger partial charge on any atom is 0.253 e. The second-order valence-corrected chi connectivity index (χ2v) is 9.66. The molecular formula is C27H32N4O5. The van der Waals surface area contributed by atoms with E-state index in [-0.39, 0.29) is 43.0 Å². The highest BCUT2D eigenvalue weighted by atomic mass is 16.7. The van der Waals surface area contributed by atoms with Crippen LogP contribution in [-0.4, -0.2) is 55.1 Å². The highest BCUT2D eigenvalue weighted by molar-refractivity contribution is 6.04. The third-order valence-electron chi connectivity index (χ3n) is 7.10. The Hall–Kier alpha value is -3.59. The Kier molecular flexibility index (Phi) is 7.36. The number of piperidine rings is 1. The molecule has 2 fully saturated rings. The highest BCUT2D eigenvalue weighted by Crippen LogP contribution is 2.34. The predicted molar refractivity (Wildman–Crippen MR) is 135 cm³/mol. The zero-order valence-electron chi connectivity index (χ0n) is 20.3. The summed E-state index contributed by atoms with van der Waals surface area (Å²) in [6.45, 7) is 1.71. The van der Waals surface area contributed by atoms with Gasteiger partial charge in [-0.3, -0.25) is 19.3 Å². The Morgan fingerprint density at radius 2 is 1.64 bits per heavy atom. The van der Waals surface area contributed by atoms with Crippen LogP contribution in [0.4, 0.5) is 11.4 Å². The van der Waals surface area contributed by atoms with Gasteiger partial charge >= 0.3 is 0 Å². The van der Waals surface area contributed by atoms with Gasteiger partial charge in [0.1, 0.15) is 0 Å². The van der Waals surface area contributed by atoms with E-state index < -0.39 is 0 Å². The normalized spacial score (nSPS) is 18.1. The van der Waals surface area contributed by atoms with Crippen molar-refractivity contribution in [3.05, 3.63) is 48.0 Å². The van der Waals surface area contributed by atoms with E-state index in [1.165, 1.54) is 0 Å². The van der Waals surface area contributed by atoms with Gasteiger partial charge in [-0.25, -0.2) is 0 Å². The number of anilines is 2. The number of fused-ring (bicyclic) bond motifs is 1. The standard InChI is InChI=1S/C27H32N4O5/c32-25(30-22-8-4-3-7-21(22)27(34)28-19-5-1-2-6-19)16-31-13-11-18(12-14-31)26(33)29-20-9-10-23-24(15-20)36-17-35-23/h3-4,7-10,15,18-19H,1-2,5-6,11-14,16-17H2,(H,28,34)(H,29,33)(H,30,32). The Morgan fingerprint density at radius 1 is 0.889 bits per heavy atom. The molecule has 3 N–H and O–H groups in total. The fourth-order valence-electron chi connectivity index (χ4n) is 5.09. The predicted octanol–water partition coefficient (Wildman–Crippen LogP) is 3.38. The third kappa shape index (κ3) is 5.79. The summed E-state index contributed by atoms with van der Waals surface area (Å²) in [6.07, 6.45) is 5.63. The SMILES string of the molecule is O=C(CN1CCC(C(=O)Nc2ccc3c(c2)OCO3)CC1)Nc1ccccc1C(=O)NC1CCCC1. The largest absolute Gasteiger partial charge is 0.454 e. The summed E-state index contributed by atoms with van der Waals surface area (Å²) >= 11 is 0. The highest BCUT2D eigenvalue weighted by Gasteiger charge is 2.27. The summed E-state index contributed by atoms with van der Waals surface area (Å²) < 4.78 is 10.7. The molecule has 1 saturated carbocycles. The van der Waals surface area contributed by atoms with E-state index in [1.807, 2.05) is 11.0 Å². The zero-order valence-corrected chi connectivity index (χ0v) is 20.3. The molecule has 0 bridgehead atoms. The molecule has 9 heteroatoms. The molecule has 190 valence electrons. The van der Waals surface area contributed by atoms with E-state index in [4.69, 9.17) is 9.47 Å². The summed E-state index contributed by atoms with van der Waals surface area (Å²) in [5, 5.41) is 8.95. The summed E-state index contributed by atoms with van der Waals surface area (Å²) in [5.41, 5.74) is 1.69. The molecule has 2 aromatic rings. The van der Waals surface area contributed by atoms with Gasteiger partial charge in [-0.15, -0.1) is 0 Å². The first-order valence-electron chi connectivity index (χ1n) is 12.7. The van der Waals surface area contributed by atoms with E-state index >= 15 is 0 Å². The number of benzene rings is 2. The molecule has 36 heavy (non-hydrogen) atoms. The van der Waals surface area contributed by atoms with Crippen molar-refractivity contribution in [2.24, 2.45) is 5.92 Å². The molecule has 3 amide bonds. The molecule has 9 nitrogen and oxygen atoms in total. The molecule has 5 rings (SSSR count). The van der Waals surface area contributed by atoms with Gasteiger partial charge in [-0.1, -0.05) is 25.0 Å². The van der Waals surface area contributed by atoms with Gasteiger partial charge in [0.15, 0.2) is 11.5 Å². The van der Waals surface area contributed by atoms with Crippen LogP contribution in [0.5, 0.6) is 11.5 Å². The zero-order chi connectivity index (χ0) is 24.9. The number of amides is 3. The van der Waals surface area contributed by atoms with Gasteiger partial charge in [0.05, 0.1) is 17.8 Å². The molecule has 0 atom stereocenters. The number of rotatable bonds is 7. The Morgan fingerprint density at radius 3 is 2.44 bits per heavy atom. The number of nitrogens with one attached hydrogen (secondary N) is 3. The Balaban J connectivity index is 1.09. The van der Waals surface area contributed by atoms with Crippen molar-refractivity contribution in [1.29, 1.82) is 0 Å². The lowest BCUT2D eigenvalue weighted by atomic mass is 9.95. The second kappa shape index (κ2) is 11.0. The van der Waals surface area contributed by atoms with Crippen LogP contribution >= 0.6 is 0 Å². The molecule has 2 aliphatic heterocycles. The van der Waals surface area contributed by atoms with E-state index in [0.29, 0.717) is 54.4 Å². The van der Waals surface area contributed by atoms with Gasteiger partial charge in [0.2, 0.25) is 18.6 Å². The Labute approximate surface area is 210 Å². The smallest absolute Gasteiger partial charge is 0.253 e. The minimum absolute atomic E-state index is 0.0276. The number of hydrogen-bond acceptors (Lipinski definition) is 6. The Bertz CT molecular complexity index is 1120.